The molecule has 0 spiro atoms. The molecule has 1 aliphatic heterocycles. The number of carbonyl (C=O) groups is 2. The molecule has 0 saturated carbocycles. The van der Waals surface area contributed by atoms with Crippen LogP contribution in [-0.4, -0.2) is 30.6 Å². The van der Waals surface area contributed by atoms with Crippen molar-refractivity contribution in [1.82, 2.24) is 0 Å². The quantitative estimate of drug-likeness (QED) is 0.853. The van der Waals surface area contributed by atoms with Gasteiger partial charge in [-0.25, -0.2) is 4.39 Å². The number of amides is 2. The molecule has 0 radical (unpaired) electrons. The molecule has 6 heteroatoms. The molecule has 2 N–H and O–H groups in total. The minimum Gasteiger partial charge on any atom is -0.367 e. The SMILES string of the molecule is CN1C(=O)C(C(N)=O)N=C(c2ccc(F)cc2)c2ccccc21. The summed E-state index contributed by atoms with van der Waals surface area (Å²) in [6.07, 6.45) is 0. The largest absolute Gasteiger partial charge is 0.367 e. The van der Waals surface area contributed by atoms with Gasteiger partial charge in [-0.15, -0.1) is 0 Å². The summed E-state index contributed by atoms with van der Waals surface area (Å²) in [7, 11) is 1.57. The second-order valence-corrected chi connectivity index (χ2v) is 5.20. The van der Waals surface area contributed by atoms with Crippen molar-refractivity contribution in [1.29, 1.82) is 0 Å². The van der Waals surface area contributed by atoms with Crippen molar-refractivity contribution < 1.29 is 14.0 Å². The Labute approximate surface area is 132 Å². The number of hydrogen-bond acceptors (Lipinski definition) is 3. The Morgan fingerprint density at radius 2 is 1.83 bits per heavy atom. The number of nitrogens with two attached hydrogens (primary N) is 1. The second-order valence-electron chi connectivity index (χ2n) is 5.20. The van der Waals surface area contributed by atoms with E-state index in [-0.39, 0.29) is 5.82 Å². The normalized spacial score (nSPS) is 17.3. The van der Waals surface area contributed by atoms with E-state index in [2.05, 4.69) is 4.99 Å². The molecular formula is C17H14FN3O2. The third-order valence-electron chi connectivity index (χ3n) is 3.73. The number of fused-ring (bicyclic) bond motifs is 1. The molecule has 23 heavy (non-hydrogen) atoms. The summed E-state index contributed by atoms with van der Waals surface area (Å²) in [6.45, 7) is 0. The lowest BCUT2D eigenvalue weighted by Gasteiger charge is -2.19. The van der Waals surface area contributed by atoms with Gasteiger partial charge in [0.2, 0.25) is 6.04 Å². The van der Waals surface area contributed by atoms with Crippen LogP contribution < -0.4 is 10.6 Å². The summed E-state index contributed by atoms with van der Waals surface area (Å²) in [6, 6.07) is 11.5. The van der Waals surface area contributed by atoms with Crippen molar-refractivity contribution in [2.75, 3.05) is 11.9 Å². The van der Waals surface area contributed by atoms with Gasteiger partial charge in [-0.2, -0.15) is 0 Å². The Hall–Kier alpha value is -3.02. The van der Waals surface area contributed by atoms with Gasteiger partial charge in [0.1, 0.15) is 5.82 Å². The van der Waals surface area contributed by atoms with Gasteiger partial charge in [0.05, 0.1) is 11.4 Å². The molecule has 5 nitrogen and oxygen atoms in total. The van der Waals surface area contributed by atoms with E-state index in [9.17, 15) is 14.0 Å². The maximum Gasteiger partial charge on any atom is 0.261 e. The standard InChI is InChI=1S/C17H14FN3O2/c1-21-13-5-3-2-4-12(13)14(10-6-8-11(18)9-7-10)20-15(16(19)22)17(21)23/h2-9,15H,1H3,(H2,19,22). The van der Waals surface area contributed by atoms with E-state index in [4.69, 9.17) is 5.73 Å². The summed E-state index contributed by atoms with van der Waals surface area (Å²) >= 11 is 0. The fourth-order valence-electron chi connectivity index (χ4n) is 2.55. The first-order valence-corrected chi connectivity index (χ1v) is 6.99. The van der Waals surface area contributed by atoms with E-state index in [1.807, 2.05) is 0 Å². The molecule has 1 atom stereocenters. The maximum absolute atomic E-state index is 13.2. The van der Waals surface area contributed by atoms with Crippen LogP contribution in [0.4, 0.5) is 10.1 Å². The zero-order valence-electron chi connectivity index (χ0n) is 12.4. The minimum atomic E-state index is -1.31. The van der Waals surface area contributed by atoms with Gasteiger partial charge >= 0.3 is 0 Å². The fourth-order valence-corrected chi connectivity index (χ4v) is 2.55. The molecule has 3 rings (SSSR count). The molecule has 1 aliphatic rings. The lowest BCUT2D eigenvalue weighted by atomic mass is 10.0. The van der Waals surface area contributed by atoms with Gasteiger partial charge in [-0.3, -0.25) is 14.6 Å². The highest BCUT2D eigenvalue weighted by atomic mass is 19.1. The highest BCUT2D eigenvalue weighted by molar-refractivity contribution is 6.23. The summed E-state index contributed by atoms with van der Waals surface area (Å²) in [5.41, 5.74) is 7.67. The van der Waals surface area contributed by atoms with Crippen LogP contribution in [0.5, 0.6) is 0 Å². The average molecular weight is 311 g/mol. The van der Waals surface area contributed by atoms with Crippen LogP contribution in [0, 0.1) is 5.82 Å². The number of hydrogen-bond donors (Lipinski definition) is 1. The van der Waals surface area contributed by atoms with Crippen molar-refractivity contribution in [3.05, 3.63) is 65.5 Å². The Kier molecular flexibility index (Phi) is 3.65. The van der Waals surface area contributed by atoms with E-state index in [1.165, 1.54) is 17.0 Å². The lowest BCUT2D eigenvalue weighted by molar-refractivity contribution is -0.127. The first-order chi connectivity index (χ1) is 11.0. The molecule has 0 aromatic heterocycles. The smallest absolute Gasteiger partial charge is 0.261 e. The molecule has 2 aromatic carbocycles. The Balaban J connectivity index is 2.26. The second kappa shape index (κ2) is 5.64. The van der Waals surface area contributed by atoms with Crippen LogP contribution in [0.2, 0.25) is 0 Å². The van der Waals surface area contributed by atoms with E-state index >= 15 is 0 Å². The van der Waals surface area contributed by atoms with Crippen molar-refractivity contribution in [3.8, 4) is 0 Å². The van der Waals surface area contributed by atoms with Gasteiger partial charge < -0.3 is 10.6 Å². The predicted molar refractivity (Wildman–Crippen MR) is 84.9 cm³/mol. The van der Waals surface area contributed by atoms with E-state index in [1.54, 1.807) is 43.4 Å². The number of anilines is 1. The fraction of sp³-hybridized carbons (Fsp3) is 0.118. The number of carbonyl (C=O) groups excluding carboxylic acids is 2. The van der Waals surface area contributed by atoms with Crippen LogP contribution in [0.3, 0.4) is 0 Å². The van der Waals surface area contributed by atoms with E-state index in [0.717, 1.165) is 0 Å². The predicted octanol–water partition coefficient (Wildman–Crippen LogP) is 1.49. The Morgan fingerprint density at radius 3 is 2.48 bits per heavy atom. The number of para-hydroxylation sites is 1. The van der Waals surface area contributed by atoms with Gasteiger partial charge in [0.25, 0.3) is 11.8 Å². The van der Waals surface area contributed by atoms with Crippen molar-refractivity contribution in [3.63, 3.8) is 0 Å². The van der Waals surface area contributed by atoms with Crippen LogP contribution in [0.1, 0.15) is 11.1 Å². The van der Waals surface area contributed by atoms with Crippen molar-refractivity contribution in [2.45, 2.75) is 6.04 Å². The zero-order chi connectivity index (χ0) is 16.6. The number of primary amides is 1. The summed E-state index contributed by atoms with van der Waals surface area (Å²) in [5.74, 6) is -1.70. The third-order valence-corrected chi connectivity index (χ3v) is 3.73. The molecule has 2 aromatic rings. The van der Waals surface area contributed by atoms with Gasteiger partial charge in [-0.05, 0) is 30.3 Å². The molecule has 0 aliphatic carbocycles. The van der Waals surface area contributed by atoms with Crippen LogP contribution in [0.25, 0.3) is 0 Å². The molecule has 0 saturated heterocycles. The number of benzene rings is 2. The number of benzodiazepines with no additional fused rings is 1. The Bertz CT molecular complexity index is 815. The van der Waals surface area contributed by atoms with Gasteiger partial charge in [-0.1, -0.05) is 18.2 Å². The maximum atomic E-state index is 13.2. The molecular weight excluding hydrogens is 297 g/mol. The monoisotopic (exact) mass is 311 g/mol. The van der Waals surface area contributed by atoms with Gasteiger partial charge in [0, 0.05) is 18.2 Å². The Morgan fingerprint density at radius 1 is 1.17 bits per heavy atom. The van der Waals surface area contributed by atoms with Crippen LogP contribution >= 0.6 is 0 Å². The molecule has 116 valence electrons. The van der Waals surface area contributed by atoms with Crippen LogP contribution in [0.15, 0.2) is 53.5 Å². The molecule has 1 heterocycles. The number of halogens is 1. The highest BCUT2D eigenvalue weighted by Gasteiger charge is 2.33. The summed E-state index contributed by atoms with van der Waals surface area (Å²) in [4.78, 5) is 29.7. The van der Waals surface area contributed by atoms with Crippen molar-refractivity contribution >= 4 is 23.2 Å². The van der Waals surface area contributed by atoms with E-state index in [0.29, 0.717) is 22.5 Å². The first-order valence-electron chi connectivity index (χ1n) is 6.99. The molecule has 1 unspecified atom stereocenters. The van der Waals surface area contributed by atoms with E-state index < -0.39 is 17.9 Å². The molecule has 2 amide bonds. The number of rotatable bonds is 2. The highest BCUT2D eigenvalue weighted by Crippen LogP contribution is 2.27. The first kappa shape index (κ1) is 14.9. The topological polar surface area (TPSA) is 75.8 Å². The summed E-state index contributed by atoms with van der Waals surface area (Å²) < 4.78 is 13.2. The number of nitrogens with zero attached hydrogens (tertiary/aromatic N) is 2. The lowest BCUT2D eigenvalue weighted by Crippen LogP contribution is -2.42. The average Bonchev–Trinajstić information content (AvgIpc) is 2.65. The number of likely N-dealkylation sites (N-methyl/N-ethyl adjacent to an activating group) is 1. The minimum absolute atomic E-state index is 0.379. The molecule has 0 fully saturated rings. The van der Waals surface area contributed by atoms with Gasteiger partial charge in [0.15, 0.2) is 0 Å². The third kappa shape index (κ3) is 2.59. The van der Waals surface area contributed by atoms with Crippen molar-refractivity contribution in [2.24, 2.45) is 10.7 Å². The zero-order valence-corrected chi connectivity index (χ0v) is 12.4. The number of aliphatic imine (C=N–C) groups is 1. The molecule has 0 bridgehead atoms. The van der Waals surface area contributed by atoms with Crippen LogP contribution in [-0.2, 0) is 9.59 Å². The summed E-state index contributed by atoms with van der Waals surface area (Å²) in [5, 5.41) is 0.